The van der Waals surface area contributed by atoms with Crippen molar-refractivity contribution >= 4 is 23.2 Å². The van der Waals surface area contributed by atoms with Gasteiger partial charge in [0, 0.05) is 18.4 Å². The lowest BCUT2D eigenvalue weighted by Gasteiger charge is -2.08. The Morgan fingerprint density at radius 3 is 2.68 bits per heavy atom. The van der Waals surface area contributed by atoms with E-state index in [0.29, 0.717) is 16.9 Å². The van der Waals surface area contributed by atoms with Crippen LogP contribution in [0.1, 0.15) is 21.7 Å². The van der Waals surface area contributed by atoms with Gasteiger partial charge < -0.3 is 15.4 Å². The number of carbonyl (C=O) groups is 2. The third-order valence-corrected chi connectivity index (χ3v) is 3.05. The molecule has 0 aliphatic heterocycles. The predicted octanol–water partition coefficient (Wildman–Crippen LogP) is 1.86. The van der Waals surface area contributed by atoms with E-state index < -0.39 is 0 Å². The molecule has 116 valence electrons. The van der Waals surface area contributed by atoms with Gasteiger partial charge in [0.1, 0.15) is 6.61 Å². The highest BCUT2D eigenvalue weighted by molar-refractivity contribution is 6.05. The van der Waals surface area contributed by atoms with Gasteiger partial charge in [0.25, 0.3) is 5.91 Å². The Morgan fingerprint density at radius 1 is 1.27 bits per heavy atom. The molecule has 0 saturated carbocycles. The summed E-state index contributed by atoms with van der Waals surface area (Å²) in [6, 6.07) is 6.69. The Labute approximate surface area is 128 Å². The zero-order chi connectivity index (χ0) is 16.1. The van der Waals surface area contributed by atoms with E-state index in [2.05, 4.69) is 20.8 Å². The van der Waals surface area contributed by atoms with Crippen LogP contribution in [0.25, 0.3) is 0 Å². The van der Waals surface area contributed by atoms with Crippen LogP contribution in [0.5, 0.6) is 0 Å². The fourth-order valence-electron chi connectivity index (χ4n) is 1.99. The fraction of sp³-hybridized carbons (Fsp3) is 0.267. The van der Waals surface area contributed by atoms with Gasteiger partial charge in [-0.1, -0.05) is 6.07 Å². The number of benzene rings is 1. The molecule has 3 N–H and O–H groups in total. The van der Waals surface area contributed by atoms with Gasteiger partial charge in [0.05, 0.1) is 17.1 Å². The molecule has 0 aliphatic carbocycles. The fourth-order valence-corrected chi connectivity index (χ4v) is 1.99. The molecule has 1 aromatic heterocycles. The highest BCUT2D eigenvalue weighted by atomic mass is 16.5. The third-order valence-electron chi connectivity index (χ3n) is 3.05. The van der Waals surface area contributed by atoms with E-state index in [1.807, 2.05) is 6.92 Å². The van der Waals surface area contributed by atoms with Crippen LogP contribution in [0.4, 0.5) is 11.4 Å². The normalized spacial score (nSPS) is 10.3. The number of H-pyrrole nitrogens is 1. The second kappa shape index (κ2) is 6.86. The lowest BCUT2D eigenvalue weighted by atomic mass is 10.1. The number of ether oxygens (including phenoxy) is 1. The van der Waals surface area contributed by atoms with Crippen molar-refractivity contribution in [2.24, 2.45) is 0 Å². The first-order valence-corrected chi connectivity index (χ1v) is 6.73. The first-order chi connectivity index (χ1) is 10.5. The van der Waals surface area contributed by atoms with Gasteiger partial charge in [0.2, 0.25) is 5.91 Å². The van der Waals surface area contributed by atoms with E-state index in [-0.39, 0.29) is 18.4 Å². The molecule has 0 saturated heterocycles. The van der Waals surface area contributed by atoms with Crippen LogP contribution >= 0.6 is 0 Å². The highest BCUT2D eigenvalue weighted by Crippen LogP contribution is 2.18. The highest BCUT2D eigenvalue weighted by Gasteiger charge is 2.12. The van der Waals surface area contributed by atoms with Gasteiger partial charge in [0.15, 0.2) is 0 Å². The zero-order valence-electron chi connectivity index (χ0n) is 12.7. The lowest BCUT2D eigenvalue weighted by Crippen LogP contribution is -2.18. The number of anilines is 2. The summed E-state index contributed by atoms with van der Waals surface area (Å²) >= 11 is 0. The SMILES string of the molecule is COCC(=O)Nc1cccc(C(=O)Nc2c(C)n[nH]c2C)c1. The number of carbonyl (C=O) groups excluding carboxylic acids is 2. The molecule has 0 unspecified atom stereocenters. The second-order valence-corrected chi connectivity index (χ2v) is 4.83. The Morgan fingerprint density at radius 2 is 2.05 bits per heavy atom. The molecule has 1 aromatic carbocycles. The second-order valence-electron chi connectivity index (χ2n) is 4.83. The number of rotatable bonds is 5. The van der Waals surface area contributed by atoms with Crippen LogP contribution < -0.4 is 10.6 Å². The average Bonchev–Trinajstić information content (AvgIpc) is 2.79. The van der Waals surface area contributed by atoms with Gasteiger partial charge in [-0.25, -0.2) is 0 Å². The van der Waals surface area contributed by atoms with Crippen LogP contribution in [-0.2, 0) is 9.53 Å². The van der Waals surface area contributed by atoms with Crippen LogP contribution in [0.2, 0.25) is 0 Å². The summed E-state index contributed by atoms with van der Waals surface area (Å²) in [5.41, 5.74) is 3.15. The zero-order valence-corrected chi connectivity index (χ0v) is 12.7. The number of methoxy groups -OCH3 is 1. The first-order valence-electron chi connectivity index (χ1n) is 6.73. The maximum Gasteiger partial charge on any atom is 0.255 e. The van der Waals surface area contributed by atoms with E-state index in [4.69, 9.17) is 4.74 Å². The summed E-state index contributed by atoms with van der Waals surface area (Å²) in [5.74, 6) is -0.544. The van der Waals surface area contributed by atoms with Gasteiger partial charge in [-0.05, 0) is 32.0 Å². The first kappa shape index (κ1) is 15.7. The summed E-state index contributed by atoms with van der Waals surface area (Å²) in [5, 5.41) is 12.3. The van der Waals surface area contributed by atoms with Crippen LogP contribution in [0.3, 0.4) is 0 Å². The number of aryl methyl sites for hydroxylation is 2. The number of nitrogens with one attached hydrogen (secondary N) is 3. The minimum Gasteiger partial charge on any atom is -0.375 e. The molecule has 2 rings (SSSR count). The molecule has 0 atom stereocenters. The van der Waals surface area contributed by atoms with E-state index in [1.165, 1.54) is 7.11 Å². The van der Waals surface area contributed by atoms with Crippen molar-refractivity contribution in [3.63, 3.8) is 0 Å². The van der Waals surface area contributed by atoms with Crippen molar-refractivity contribution < 1.29 is 14.3 Å². The van der Waals surface area contributed by atoms with Crippen LogP contribution in [0.15, 0.2) is 24.3 Å². The summed E-state index contributed by atoms with van der Waals surface area (Å²) in [4.78, 5) is 23.8. The molecule has 0 fully saturated rings. The molecule has 2 aromatic rings. The predicted molar refractivity (Wildman–Crippen MR) is 83.0 cm³/mol. The van der Waals surface area contributed by atoms with E-state index in [0.717, 1.165) is 11.4 Å². The van der Waals surface area contributed by atoms with E-state index in [9.17, 15) is 9.59 Å². The maximum absolute atomic E-state index is 12.3. The molecule has 0 radical (unpaired) electrons. The number of aromatic nitrogens is 2. The van der Waals surface area contributed by atoms with E-state index >= 15 is 0 Å². The number of hydrogen-bond donors (Lipinski definition) is 3. The molecular formula is C15H18N4O3. The summed E-state index contributed by atoms with van der Waals surface area (Å²) in [6.07, 6.45) is 0. The molecule has 0 aliphatic rings. The molecule has 1 heterocycles. The average molecular weight is 302 g/mol. The smallest absolute Gasteiger partial charge is 0.255 e. The Balaban J connectivity index is 2.12. The number of nitrogens with zero attached hydrogens (tertiary/aromatic N) is 1. The van der Waals surface area contributed by atoms with Crippen molar-refractivity contribution in [3.05, 3.63) is 41.2 Å². The summed E-state index contributed by atoms with van der Waals surface area (Å²) in [6.45, 7) is 3.60. The van der Waals surface area contributed by atoms with Crippen molar-refractivity contribution in [3.8, 4) is 0 Å². The minimum atomic E-state index is -0.276. The Bertz CT molecular complexity index is 674. The summed E-state index contributed by atoms with van der Waals surface area (Å²) < 4.78 is 4.75. The van der Waals surface area contributed by atoms with Gasteiger partial charge in [-0.15, -0.1) is 0 Å². The molecule has 22 heavy (non-hydrogen) atoms. The molecule has 7 nitrogen and oxygen atoms in total. The van der Waals surface area contributed by atoms with Gasteiger partial charge >= 0.3 is 0 Å². The van der Waals surface area contributed by atoms with Crippen molar-refractivity contribution in [1.82, 2.24) is 10.2 Å². The lowest BCUT2D eigenvalue weighted by molar-refractivity contribution is -0.119. The van der Waals surface area contributed by atoms with Gasteiger partial charge in [-0.2, -0.15) is 5.10 Å². The molecular weight excluding hydrogens is 284 g/mol. The van der Waals surface area contributed by atoms with Crippen molar-refractivity contribution in [2.45, 2.75) is 13.8 Å². The quantitative estimate of drug-likeness (QED) is 0.785. The number of aromatic amines is 1. The number of amides is 2. The van der Waals surface area contributed by atoms with Crippen molar-refractivity contribution in [1.29, 1.82) is 0 Å². The minimum absolute atomic E-state index is 0.0379. The largest absolute Gasteiger partial charge is 0.375 e. The third kappa shape index (κ3) is 3.70. The van der Waals surface area contributed by atoms with E-state index in [1.54, 1.807) is 31.2 Å². The standard InChI is InChI=1S/C15H18N4O3/c1-9-14(10(2)19-18-9)17-15(21)11-5-4-6-12(7-11)16-13(20)8-22-3/h4-7H,8H2,1-3H3,(H,16,20)(H,17,21)(H,18,19). The molecule has 0 bridgehead atoms. The van der Waals surface area contributed by atoms with Crippen LogP contribution in [-0.4, -0.2) is 35.7 Å². The topological polar surface area (TPSA) is 96.1 Å². The molecule has 0 spiro atoms. The molecule has 7 heteroatoms. The summed E-state index contributed by atoms with van der Waals surface area (Å²) in [7, 11) is 1.44. The Hall–Kier alpha value is -2.67. The maximum atomic E-state index is 12.3. The Kier molecular flexibility index (Phi) is 4.90. The molecule has 2 amide bonds. The monoisotopic (exact) mass is 302 g/mol. The van der Waals surface area contributed by atoms with Gasteiger partial charge in [-0.3, -0.25) is 14.7 Å². The number of hydrogen-bond acceptors (Lipinski definition) is 4. The van der Waals surface area contributed by atoms with Crippen molar-refractivity contribution in [2.75, 3.05) is 24.4 Å². The van der Waals surface area contributed by atoms with Crippen LogP contribution in [0, 0.1) is 13.8 Å².